The average molecular weight is 348 g/mol. The summed E-state index contributed by atoms with van der Waals surface area (Å²) < 4.78 is 40.1. The first kappa shape index (κ1) is 17.5. The molecule has 0 spiro atoms. The summed E-state index contributed by atoms with van der Waals surface area (Å²) in [5.74, 6) is -0.611. The molecular weight excluding hydrogens is 329 g/mol. The zero-order valence-corrected chi connectivity index (χ0v) is 13.9. The van der Waals surface area contributed by atoms with E-state index in [0.717, 1.165) is 17.2 Å². The van der Waals surface area contributed by atoms with Crippen molar-refractivity contribution in [2.45, 2.75) is 44.8 Å². The molecule has 3 nitrogen and oxygen atoms in total. The number of halogens is 3. The van der Waals surface area contributed by atoms with Crippen LogP contribution in [0.25, 0.3) is 0 Å². The van der Waals surface area contributed by atoms with Crippen molar-refractivity contribution in [3.63, 3.8) is 0 Å². The largest absolute Gasteiger partial charge is 0.397 e. The summed E-state index contributed by atoms with van der Waals surface area (Å²) in [6, 6.07) is 9.14. The Hall–Kier alpha value is -2.29. The van der Waals surface area contributed by atoms with Gasteiger partial charge in [0.1, 0.15) is 11.6 Å². The Morgan fingerprint density at radius 3 is 2.60 bits per heavy atom. The second-order valence-corrected chi connectivity index (χ2v) is 6.80. The maximum Gasteiger partial charge on any atom is 0.397 e. The fourth-order valence-electron chi connectivity index (χ4n) is 3.69. The number of amides is 1. The normalized spacial score (nSPS) is 22.6. The highest BCUT2D eigenvalue weighted by atomic mass is 19.4. The molecule has 2 aliphatic rings. The molecule has 0 N–H and O–H groups in total. The quantitative estimate of drug-likeness (QED) is 0.590. The third kappa shape index (κ3) is 2.92. The van der Waals surface area contributed by atoms with Crippen molar-refractivity contribution in [2.75, 3.05) is 6.54 Å². The van der Waals surface area contributed by atoms with Crippen LogP contribution in [-0.2, 0) is 11.2 Å². The predicted octanol–water partition coefficient (Wildman–Crippen LogP) is 4.31. The van der Waals surface area contributed by atoms with Crippen LogP contribution in [0.1, 0.15) is 43.4 Å². The molecule has 1 aromatic carbocycles. The van der Waals surface area contributed by atoms with E-state index < -0.39 is 23.1 Å². The van der Waals surface area contributed by atoms with Crippen molar-refractivity contribution in [3.8, 4) is 6.07 Å². The lowest BCUT2D eigenvalue weighted by molar-refractivity contribution is -0.229. The van der Waals surface area contributed by atoms with Crippen molar-refractivity contribution in [2.24, 2.45) is 5.41 Å². The predicted molar refractivity (Wildman–Crippen MR) is 86.3 cm³/mol. The number of fused-ring (bicyclic) bond motifs is 1. The van der Waals surface area contributed by atoms with Gasteiger partial charge in [-0.3, -0.25) is 4.79 Å². The smallest absolute Gasteiger partial charge is 0.331 e. The average Bonchev–Trinajstić information content (AvgIpc) is 2.53. The van der Waals surface area contributed by atoms with Crippen LogP contribution in [0.4, 0.5) is 13.2 Å². The first-order valence-corrected chi connectivity index (χ1v) is 8.37. The van der Waals surface area contributed by atoms with E-state index >= 15 is 0 Å². The summed E-state index contributed by atoms with van der Waals surface area (Å²) >= 11 is 0. The minimum absolute atomic E-state index is 0.0622. The van der Waals surface area contributed by atoms with Crippen LogP contribution < -0.4 is 0 Å². The van der Waals surface area contributed by atoms with E-state index in [1.807, 2.05) is 31.2 Å². The summed E-state index contributed by atoms with van der Waals surface area (Å²) in [6.07, 6.45) is -2.60. The van der Waals surface area contributed by atoms with Gasteiger partial charge in [-0.1, -0.05) is 30.7 Å². The van der Waals surface area contributed by atoms with Crippen molar-refractivity contribution in [1.29, 1.82) is 5.26 Å². The highest BCUT2D eigenvalue weighted by Crippen LogP contribution is 2.54. The van der Waals surface area contributed by atoms with E-state index in [1.54, 1.807) is 6.07 Å². The molecule has 132 valence electrons. The van der Waals surface area contributed by atoms with Crippen molar-refractivity contribution in [3.05, 3.63) is 47.0 Å². The number of rotatable bonds is 2. The zero-order valence-electron chi connectivity index (χ0n) is 13.9. The Kier molecular flexibility index (Phi) is 4.36. The van der Waals surface area contributed by atoms with E-state index in [4.69, 9.17) is 0 Å². The van der Waals surface area contributed by atoms with Gasteiger partial charge in [-0.15, -0.1) is 0 Å². The van der Waals surface area contributed by atoms with Crippen LogP contribution >= 0.6 is 0 Å². The molecule has 1 aromatic rings. The molecule has 1 amide bonds. The highest BCUT2D eigenvalue weighted by molar-refractivity contribution is 5.97. The summed E-state index contributed by atoms with van der Waals surface area (Å²) in [5.41, 5.74) is -0.311. The maximum atomic E-state index is 13.4. The third-order valence-electron chi connectivity index (χ3n) is 5.44. The number of carbonyl (C=O) groups is 1. The number of benzene rings is 1. The Balaban J connectivity index is 1.89. The molecule has 1 fully saturated rings. The summed E-state index contributed by atoms with van der Waals surface area (Å²) in [4.78, 5) is 14.3. The molecule has 0 radical (unpaired) electrons. The minimum Gasteiger partial charge on any atom is -0.331 e. The van der Waals surface area contributed by atoms with Gasteiger partial charge >= 0.3 is 6.18 Å². The van der Waals surface area contributed by atoms with Crippen molar-refractivity contribution in [1.82, 2.24) is 4.90 Å². The monoisotopic (exact) mass is 348 g/mol. The number of nitrogens with zero attached hydrogens (tertiary/aromatic N) is 2. The molecule has 1 heterocycles. The number of hydrogen-bond donors (Lipinski definition) is 0. The molecular formula is C19H19F3N2O. The zero-order chi connectivity index (χ0) is 18.2. The second kappa shape index (κ2) is 6.21. The Morgan fingerprint density at radius 1 is 1.36 bits per heavy atom. The number of hydrogen-bond acceptors (Lipinski definition) is 2. The van der Waals surface area contributed by atoms with E-state index in [1.165, 1.54) is 4.90 Å². The van der Waals surface area contributed by atoms with E-state index in [-0.39, 0.29) is 18.9 Å². The van der Waals surface area contributed by atoms with Gasteiger partial charge in [-0.05, 0) is 43.4 Å². The first-order chi connectivity index (χ1) is 11.8. The first-order valence-electron chi connectivity index (χ1n) is 8.37. The van der Waals surface area contributed by atoms with Gasteiger partial charge in [0.25, 0.3) is 5.91 Å². The van der Waals surface area contributed by atoms with Crippen LogP contribution in [0.5, 0.6) is 0 Å². The number of alkyl halides is 3. The van der Waals surface area contributed by atoms with Crippen molar-refractivity contribution >= 4 is 5.91 Å². The number of allylic oxidation sites excluding steroid dienone is 1. The van der Waals surface area contributed by atoms with Crippen LogP contribution in [0, 0.1) is 16.7 Å². The van der Waals surface area contributed by atoms with Crippen LogP contribution in [0.15, 0.2) is 35.9 Å². The summed E-state index contributed by atoms with van der Waals surface area (Å²) in [5, 5.41) is 9.32. The molecule has 1 saturated carbocycles. The Morgan fingerprint density at radius 2 is 2.04 bits per heavy atom. The van der Waals surface area contributed by atoms with E-state index in [0.29, 0.717) is 19.4 Å². The molecule has 1 aliphatic heterocycles. The molecule has 0 aromatic heterocycles. The fourth-order valence-corrected chi connectivity index (χ4v) is 3.69. The minimum atomic E-state index is -4.44. The molecule has 6 heteroatoms. The SMILES string of the molecule is CC1c2ccccc2CCN1C(=O)/C(C#N)=C\C1(C(F)(F)F)CCC1. The highest BCUT2D eigenvalue weighted by Gasteiger charge is 2.57. The van der Waals surface area contributed by atoms with E-state index in [2.05, 4.69) is 0 Å². The van der Waals surface area contributed by atoms with Crippen LogP contribution in [-0.4, -0.2) is 23.5 Å². The molecule has 1 atom stereocenters. The van der Waals surface area contributed by atoms with Gasteiger partial charge in [0.2, 0.25) is 0 Å². The lowest BCUT2D eigenvalue weighted by atomic mass is 9.67. The standard InChI is InChI=1S/C19H19F3N2O/c1-13-16-6-3-2-5-14(16)7-10-24(13)17(25)15(12-23)11-18(8-4-9-18)19(20,21)22/h2-3,5-6,11,13H,4,7-10H2,1H3/b15-11-. The van der Waals surface area contributed by atoms with Gasteiger partial charge < -0.3 is 4.90 Å². The van der Waals surface area contributed by atoms with Gasteiger partial charge in [0.05, 0.1) is 11.5 Å². The molecule has 25 heavy (non-hydrogen) atoms. The van der Waals surface area contributed by atoms with Crippen molar-refractivity contribution < 1.29 is 18.0 Å². The Bertz CT molecular complexity index is 757. The molecule has 3 rings (SSSR count). The summed E-state index contributed by atoms with van der Waals surface area (Å²) in [7, 11) is 0. The maximum absolute atomic E-state index is 13.4. The van der Waals surface area contributed by atoms with Gasteiger partial charge in [-0.2, -0.15) is 18.4 Å². The summed E-state index contributed by atoms with van der Waals surface area (Å²) in [6.45, 7) is 2.24. The Labute approximate surface area is 144 Å². The van der Waals surface area contributed by atoms with Gasteiger partial charge in [0.15, 0.2) is 0 Å². The number of carbonyl (C=O) groups excluding carboxylic acids is 1. The molecule has 1 aliphatic carbocycles. The topological polar surface area (TPSA) is 44.1 Å². The molecule has 0 bridgehead atoms. The molecule has 0 saturated heterocycles. The van der Waals surface area contributed by atoms with Crippen LogP contribution in [0.3, 0.4) is 0 Å². The fraction of sp³-hybridized carbons (Fsp3) is 0.474. The second-order valence-electron chi connectivity index (χ2n) is 6.80. The third-order valence-corrected chi connectivity index (χ3v) is 5.44. The van der Waals surface area contributed by atoms with E-state index in [9.17, 15) is 23.2 Å². The lowest BCUT2D eigenvalue weighted by Crippen LogP contribution is -2.44. The molecule has 1 unspecified atom stereocenters. The van der Waals surface area contributed by atoms with Crippen LogP contribution in [0.2, 0.25) is 0 Å². The van der Waals surface area contributed by atoms with Gasteiger partial charge in [0, 0.05) is 6.54 Å². The number of nitriles is 1. The van der Waals surface area contributed by atoms with Gasteiger partial charge in [-0.25, -0.2) is 0 Å². The lowest BCUT2D eigenvalue weighted by Gasteiger charge is -2.41.